The van der Waals surface area contributed by atoms with Crippen LogP contribution in [0.1, 0.15) is 89.7 Å². The number of carbonyl (C=O) groups excluding carboxylic acids is 1. The van der Waals surface area contributed by atoms with Crippen LogP contribution >= 0.6 is 0 Å². The average Bonchev–Trinajstić information content (AvgIpc) is 3.34. The number of aliphatic hydroxyl groups is 3. The van der Waals surface area contributed by atoms with Crippen LogP contribution in [0.15, 0.2) is 12.1 Å². The average molecular weight is 584 g/mol. The fourth-order valence-electron chi connectivity index (χ4n) is 10.9. The van der Waals surface area contributed by atoms with Crippen LogP contribution in [-0.4, -0.2) is 65.2 Å². The van der Waals surface area contributed by atoms with Gasteiger partial charge >= 0.3 is 0 Å². The second kappa shape index (κ2) is 11.3. The molecule has 3 N–H and O–H groups in total. The second-order valence-electron chi connectivity index (χ2n) is 15.1. The van der Waals surface area contributed by atoms with E-state index in [0.717, 1.165) is 75.6 Å². The minimum absolute atomic E-state index is 0.0871. The maximum atomic E-state index is 13.4. The highest BCUT2D eigenvalue weighted by Gasteiger charge is 2.65. The zero-order valence-electron chi connectivity index (χ0n) is 26.3. The summed E-state index contributed by atoms with van der Waals surface area (Å²) < 4.78 is 11.0. The SMILES string of the molecule is COc1cc2c(cc1OC)CN(C(=O)CCC(C)C1CCC3C4C(O)CC5CC(O)CCC5(C)C4CC(O)C13C)CC2. The molecule has 7 heteroatoms. The minimum atomic E-state index is -0.394. The Morgan fingerprint density at radius 1 is 1.00 bits per heavy atom. The standard InChI is InChI=1S/C35H53NO6/c1-20(6-9-32(40)36-13-11-21-14-29(41-4)30(42-5)15-22(21)19-36)25-7-8-26-33-27(18-31(39)35(25,26)3)34(2)12-10-24(37)16-23(34)17-28(33)38/h14-15,20,23-28,31,33,37-39H,6-13,16-19H2,1-5H3. The van der Waals surface area contributed by atoms with Crippen molar-refractivity contribution in [2.24, 2.45) is 46.3 Å². The Kier molecular flexibility index (Phi) is 8.10. The summed E-state index contributed by atoms with van der Waals surface area (Å²) in [4.78, 5) is 15.4. The summed E-state index contributed by atoms with van der Waals surface area (Å²) in [6.07, 6.45) is 7.41. The zero-order chi connectivity index (χ0) is 30.0. The van der Waals surface area contributed by atoms with Gasteiger partial charge in [0.1, 0.15) is 0 Å². The van der Waals surface area contributed by atoms with E-state index in [1.807, 2.05) is 17.0 Å². The number of nitrogens with zero attached hydrogens (tertiary/aromatic N) is 1. The van der Waals surface area contributed by atoms with Crippen LogP contribution < -0.4 is 9.47 Å². The van der Waals surface area contributed by atoms with Gasteiger partial charge in [-0.05, 0) is 127 Å². The predicted octanol–water partition coefficient (Wildman–Crippen LogP) is 4.97. The van der Waals surface area contributed by atoms with Crippen molar-refractivity contribution in [3.05, 3.63) is 23.3 Å². The second-order valence-corrected chi connectivity index (χ2v) is 15.1. The van der Waals surface area contributed by atoms with Crippen LogP contribution in [0.25, 0.3) is 0 Å². The smallest absolute Gasteiger partial charge is 0.222 e. The lowest BCUT2D eigenvalue weighted by Crippen LogP contribution is -2.62. The van der Waals surface area contributed by atoms with Crippen LogP contribution in [0.3, 0.4) is 0 Å². The molecule has 7 nitrogen and oxygen atoms in total. The summed E-state index contributed by atoms with van der Waals surface area (Å²) in [5, 5.41) is 33.8. The Balaban J connectivity index is 1.12. The Bertz CT molecular complexity index is 1170. The molecule has 4 aliphatic carbocycles. The summed E-state index contributed by atoms with van der Waals surface area (Å²) >= 11 is 0. The lowest BCUT2D eigenvalue weighted by Gasteiger charge is -2.63. The van der Waals surface area contributed by atoms with Gasteiger partial charge in [0, 0.05) is 19.5 Å². The van der Waals surface area contributed by atoms with Crippen molar-refractivity contribution in [2.75, 3.05) is 20.8 Å². The van der Waals surface area contributed by atoms with Gasteiger partial charge < -0.3 is 29.7 Å². The van der Waals surface area contributed by atoms with Crippen molar-refractivity contribution < 1.29 is 29.6 Å². The Labute approximate surface area is 252 Å². The molecule has 0 aromatic heterocycles. The number of benzene rings is 1. The largest absolute Gasteiger partial charge is 0.493 e. The third-order valence-corrected chi connectivity index (χ3v) is 13.4. The van der Waals surface area contributed by atoms with Gasteiger partial charge in [-0.3, -0.25) is 4.79 Å². The topological polar surface area (TPSA) is 99.5 Å². The van der Waals surface area contributed by atoms with Crippen LogP contribution in [0.2, 0.25) is 0 Å². The first-order chi connectivity index (χ1) is 20.0. The number of ether oxygens (including phenoxy) is 2. The first-order valence-electron chi connectivity index (χ1n) is 16.6. The summed E-state index contributed by atoms with van der Waals surface area (Å²) in [6, 6.07) is 4.04. The molecule has 4 fully saturated rings. The fourth-order valence-corrected chi connectivity index (χ4v) is 10.9. The van der Waals surface area contributed by atoms with E-state index < -0.39 is 6.10 Å². The normalized spacial score (nSPS) is 41.7. The lowest BCUT2D eigenvalue weighted by molar-refractivity contribution is -0.207. The van der Waals surface area contributed by atoms with E-state index in [2.05, 4.69) is 20.8 Å². The number of methoxy groups -OCH3 is 2. The van der Waals surface area contributed by atoms with E-state index in [0.29, 0.717) is 48.3 Å². The number of amides is 1. The van der Waals surface area contributed by atoms with Crippen molar-refractivity contribution in [3.63, 3.8) is 0 Å². The van der Waals surface area contributed by atoms with Crippen molar-refractivity contribution in [2.45, 2.75) is 110 Å². The van der Waals surface area contributed by atoms with Crippen molar-refractivity contribution in [1.29, 1.82) is 0 Å². The first kappa shape index (κ1) is 30.2. The third-order valence-electron chi connectivity index (χ3n) is 13.4. The summed E-state index contributed by atoms with van der Waals surface area (Å²) in [7, 11) is 3.29. The molecule has 42 heavy (non-hydrogen) atoms. The molecule has 1 aromatic carbocycles. The van der Waals surface area contributed by atoms with E-state index in [1.54, 1.807) is 14.2 Å². The van der Waals surface area contributed by atoms with Gasteiger partial charge in [0.05, 0.1) is 32.5 Å². The molecule has 1 amide bonds. The summed E-state index contributed by atoms with van der Waals surface area (Å²) in [5.41, 5.74) is 2.20. The predicted molar refractivity (Wildman–Crippen MR) is 161 cm³/mol. The molecule has 0 saturated heterocycles. The molecule has 11 unspecified atom stereocenters. The van der Waals surface area contributed by atoms with Gasteiger partial charge in [0.15, 0.2) is 11.5 Å². The van der Waals surface area contributed by atoms with Gasteiger partial charge in [0.25, 0.3) is 0 Å². The van der Waals surface area contributed by atoms with Gasteiger partial charge in [-0.25, -0.2) is 0 Å². The molecule has 0 spiro atoms. The van der Waals surface area contributed by atoms with E-state index in [1.165, 1.54) is 5.56 Å². The van der Waals surface area contributed by atoms with E-state index in [9.17, 15) is 20.1 Å². The molecule has 1 aromatic rings. The number of carbonyl (C=O) groups is 1. The van der Waals surface area contributed by atoms with Gasteiger partial charge in [0.2, 0.25) is 5.91 Å². The quantitative estimate of drug-likeness (QED) is 0.438. The monoisotopic (exact) mass is 583 g/mol. The van der Waals surface area contributed by atoms with E-state index in [4.69, 9.17) is 9.47 Å². The Morgan fingerprint density at radius 3 is 2.43 bits per heavy atom. The minimum Gasteiger partial charge on any atom is -0.493 e. The van der Waals surface area contributed by atoms with Crippen LogP contribution in [0.4, 0.5) is 0 Å². The summed E-state index contributed by atoms with van der Waals surface area (Å²) in [5.74, 6) is 3.47. The maximum Gasteiger partial charge on any atom is 0.222 e. The van der Waals surface area contributed by atoms with Crippen LogP contribution in [-0.2, 0) is 17.8 Å². The van der Waals surface area contributed by atoms with E-state index in [-0.39, 0.29) is 34.9 Å². The van der Waals surface area contributed by atoms with Crippen molar-refractivity contribution in [1.82, 2.24) is 4.90 Å². The number of hydrogen-bond acceptors (Lipinski definition) is 6. The highest BCUT2D eigenvalue weighted by Crippen LogP contribution is 2.68. The Morgan fingerprint density at radius 2 is 1.71 bits per heavy atom. The lowest BCUT2D eigenvalue weighted by atomic mass is 9.43. The number of rotatable bonds is 6. The number of aliphatic hydroxyl groups excluding tert-OH is 3. The zero-order valence-corrected chi connectivity index (χ0v) is 26.3. The molecule has 4 saturated carbocycles. The Hall–Kier alpha value is -1.83. The molecule has 11 atom stereocenters. The van der Waals surface area contributed by atoms with Crippen molar-refractivity contribution >= 4 is 5.91 Å². The third kappa shape index (κ3) is 4.77. The molecular weight excluding hydrogens is 530 g/mol. The van der Waals surface area contributed by atoms with Gasteiger partial charge in [-0.2, -0.15) is 0 Å². The molecule has 1 heterocycles. The highest BCUT2D eigenvalue weighted by molar-refractivity contribution is 5.76. The van der Waals surface area contributed by atoms with Gasteiger partial charge in [-0.1, -0.05) is 20.8 Å². The van der Waals surface area contributed by atoms with Gasteiger partial charge in [-0.15, -0.1) is 0 Å². The molecule has 1 aliphatic heterocycles. The maximum absolute atomic E-state index is 13.4. The molecule has 6 rings (SSSR count). The van der Waals surface area contributed by atoms with E-state index >= 15 is 0 Å². The molecule has 5 aliphatic rings. The molecular formula is C35H53NO6. The number of fused-ring (bicyclic) bond motifs is 6. The molecule has 0 radical (unpaired) electrons. The summed E-state index contributed by atoms with van der Waals surface area (Å²) in [6.45, 7) is 8.28. The first-order valence-corrected chi connectivity index (χ1v) is 16.6. The van der Waals surface area contributed by atoms with Crippen LogP contribution in [0.5, 0.6) is 11.5 Å². The fraction of sp³-hybridized carbons (Fsp3) is 0.800. The number of hydrogen-bond donors (Lipinski definition) is 3. The molecule has 0 bridgehead atoms. The van der Waals surface area contributed by atoms with Crippen molar-refractivity contribution in [3.8, 4) is 11.5 Å². The highest BCUT2D eigenvalue weighted by atomic mass is 16.5. The van der Waals surface area contributed by atoms with Crippen LogP contribution in [0, 0.1) is 46.3 Å². The molecule has 234 valence electrons.